The fourth-order valence-corrected chi connectivity index (χ4v) is 1.73. The lowest BCUT2D eigenvalue weighted by atomic mass is 10.2. The van der Waals surface area contributed by atoms with Crippen molar-refractivity contribution in [1.82, 2.24) is 0 Å². The van der Waals surface area contributed by atoms with E-state index in [9.17, 15) is 0 Å². The quantitative estimate of drug-likeness (QED) is 0.777. The molecule has 0 amide bonds. The molecule has 1 aromatic rings. The van der Waals surface area contributed by atoms with Crippen LogP contribution in [0.1, 0.15) is 19.4 Å². The van der Waals surface area contributed by atoms with E-state index >= 15 is 0 Å². The monoisotopic (exact) mass is 262 g/mol. The normalized spacial score (nSPS) is 10.6. The summed E-state index contributed by atoms with van der Waals surface area (Å²) in [4.78, 5) is 0. The summed E-state index contributed by atoms with van der Waals surface area (Å²) in [7, 11) is 0. The van der Waals surface area contributed by atoms with E-state index in [1.54, 1.807) is 0 Å². The summed E-state index contributed by atoms with van der Waals surface area (Å²) in [6, 6.07) is 3.80. The van der Waals surface area contributed by atoms with E-state index in [0.29, 0.717) is 5.02 Å². The Bertz CT molecular complexity index is 310. The van der Waals surface area contributed by atoms with Crippen LogP contribution in [0.5, 0.6) is 5.75 Å². The molecule has 1 aromatic carbocycles. The largest absolute Gasteiger partial charge is 0.488 e. The Morgan fingerprint density at radius 3 is 2.54 bits per heavy atom. The second-order valence-corrected chi connectivity index (χ2v) is 4.37. The summed E-state index contributed by atoms with van der Waals surface area (Å²) in [6.45, 7) is 5.96. The van der Waals surface area contributed by atoms with Gasteiger partial charge in [-0.05, 0) is 48.3 Å². The molecule has 0 radical (unpaired) electrons. The highest BCUT2D eigenvalue weighted by molar-refractivity contribution is 9.10. The molecule has 72 valence electrons. The maximum atomic E-state index is 5.99. The zero-order chi connectivity index (χ0) is 10.0. The van der Waals surface area contributed by atoms with Crippen LogP contribution in [0.25, 0.3) is 0 Å². The van der Waals surface area contributed by atoms with Gasteiger partial charge in [0, 0.05) is 0 Å². The summed E-state index contributed by atoms with van der Waals surface area (Å²) >= 11 is 9.44. The van der Waals surface area contributed by atoms with Gasteiger partial charge in [0.25, 0.3) is 0 Å². The first-order chi connectivity index (χ1) is 6.02. The van der Waals surface area contributed by atoms with Crippen molar-refractivity contribution in [2.24, 2.45) is 0 Å². The molecule has 0 aliphatic rings. The Balaban J connectivity index is 3.10. The molecule has 0 spiro atoms. The summed E-state index contributed by atoms with van der Waals surface area (Å²) in [5.41, 5.74) is 1.13. The smallest absolute Gasteiger partial charge is 0.152 e. The van der Waals surface area contributed by atoms with Crippen LogP contribution in [-0.2, 0) is 0 Å². The fourth-order valence-electron chi connectivity index (χ4n) is 0.975. The van der Waals surface area contributed by atoms with Crippen molar-refractivity contribution in [3.8, 4) is 5.75 Å². The summed E-state index contributed by atoms with van der Waals surface area (Å²) in [5, 5.41) is 0.645. The third-order valence-corrected chi connectivity index (χ3v) is 2.88. The molecule has 0 aromatic heterocycles. The van der Waals surface area contributed by atoms with E-state index in [1.165, 1.54) is 0 Å². The molecular weight excluding hydrogens is 251 g/mol. The van der Waals surface area contributed by atoms with Crippen molar-refractivity contribution in [3.63, 3.8) is 0 Å². The van der Waals surface area contributed by atoms with E-state index in [-0.39, 0.29) is 6.10 Å². The van der Waals surface area contributed by atoms with Gasteiger partial charge in [0.1, 0.15) is 0 Å². The van der Waals surface area contributed by atoms with Crippen molar-refractivity contribution in [1.29, 1.82) is 0 Å². The van der Waals surface area contributed by atoms with E-state index in [2.05, 4.69) is 15.9 Å². The van der Waals surface area contributed by atoms with Crippen LogP contribution in [0.4, 0.5) is 0 Å². The minimum Gasteiger partial charge on any atom is -0.488 e. The molecule has 0 bridgehead atoms. The summed E-state index contributed by atoms with van der Waals surface area (Å²) in [5.74, 6) is 0.733. The van der Waals surface area contributed by atoms with Crippen LogP contribution in [0.15, 0.2) is 16.6 Å². The van der Waals surface area contributed by atoms with Gasteiger partial charge in [-0.1, -0.05) is 17.7 Å². The Hall–Kier alpha value is -0.210. The number of rotatable bonds is 2. The molecule has 0 saturated heterocycles. The standard InChI is InChI=1S/C10H12BrClO/c1-6(2)13-10-8(12)5-4-7(3)9(10)11/h4-6H,1-3H3. The lowest BCUT2D eigenvalue weighted by Gasteiger charge is -2.14. The van der Waals surface area contributed by atoms with Crippen LogP contribution in [0, 0.1) is 6.92 Å². The Kier molecular flexibility index (Phi) is 3.63. The Labute approximate surface area is 92.2 Å². The first-order valence-electron chi connectivity index (χ1n) is 4.13. The highest BCUT2D eigenvalue weighted by Crippen LogP contribution is 2.35. The lowest BCUT2D eigenvalue weighted by Crippen LogP contribution is -2.06. The Morgan fingerprint density at radius 2 is 2.00 bits per heavy atom. The number of halogens is 2. The average molecular weight is 264 g/mol. The van der Waals surface area contributed by atoms with Crippen LogP contribution in [-0.4, -0.2) is 6.10 Å². The van der Waals surface area contributed by atoms with E-state index < -0.39 is 0 Å². The van der Waals surface area contributed by atoms with Crippen LogP contribution in [0.2, 0.25) is 5.02 Å². The topological polar surface area (TPSA) is 9.23 Å². The SMILES string of the molecule is Cc1ccc(Cl)c(OC(C)C)c1Br. The molecule has 0 heterocycles. The lowest BCUT2D eigenvalue weighted by molar-refractivity contribution is 0.241. The van der Waals surface area contributed by atoms with Gasteiger partial charge < -0.3 is 4.74 Å². The highest BCUT2D eigenvalue weighted by Gasteiger charge is 2.10. The van der Waals surface area contributed by atoms with Crippen LogP contribution < -0.4 is 4.74 Å². The average Bonchev–Trinajstić information content (AvgIpc) is 2.05. The van der Waals surface area contributed by atoms with Gasteiger partial charge in [-0.2, -0.15) is 0 Å². The van der Waals surface area contributed by atoms with Gasteiger partial charge in [0.2, 0.25) is 0 Å². The van der Waals surface area contributed by atoms with Crippen molar-refractivity contribution in [3.05, 3.63) is 27.2 Å². The molecule has 0 atom stereocenters. The van der Waals surface area contributed by atoms with Gasteiger partial charge in [-0.25, -0.2) is 0 Å². The van der Waals surface area contributed by atoms with Gasteiger partial charge in [-0.3, -0.25) is 0 Å². The molecule has 0 aliphatic heterocycles. The second kappa shape index (κ2) is 4.34. The number of hydrogen-bond donors (Lipinski definition) is 0. The molecule has 13 heavy (non-hydrogen) atoms. The zero-order valence-electron chi connectivity index (χ0n) is 7.90. The number of aryl methyl sites for hydroxylation is 1. The predicted octanol–water partition coefficient (Wildman–Crippen LogP) is 4.20. The van der Waals surface area contributed by atoms with E-state index in [4.69, 9.17) is 16.3 Å². The maximum Gasteiger partial charge on any atom is 0.152 e. The molecule has 3 heteroatoms. The van der Waals surface area contributed by atoms with Gasteiger partial charge >= 0.3 is 0 Å². The summed E-state index contributed by atoms with van der Waals surface area (Å²) < 4.78 is 6.52. The zero-order valence-corrected chi connectivity index (χ0v) is 10.2. The summed E-state index contributed by atoms with van der Waals surface area (Å²) in [6.07, 6.45) is 0.135. The van der Waals surface area contributed by atoms with Crippen molar-refractivity contribution < 1.29 is 4.74 Å². The third kappa shape index (κ3) is 2.61. The molecule has 0 unspecified atom stereocenters. The molecule has 0 aliphatic carbocycles. The van der Waals surface area contributed by atoms with Crippen molar-refractivity contribution >= 4 is 27.5 Å². The molecule has 1 nitrogen and oxygen atoms in total. The predicted molar refractivity (Wildman–Crippen MR) is 59.7 cm³/mol. The first kappa shape index (κ1) is 10.9. The molecule has 0 saturated carbocycles. The van der Waals surface area contributed by atoms with Gasteiger partial charge in [-0.15, -0.1) is 0 Å². The number of ether oxygens (including phenoxy) is 1. The molecule has 0 N–H and O–H groups in total. The van der Waals surface area contributed by atoms with Crippen molar-refractivity contribution in [2.75, 3.05) is 0 Å². The van der Waals surface area contributed by atoms with E-state index in [0.717, 1.165) is 15.8 Å². The highest BCUT2D eigenvalue weighted by atomic mass is 79.9. The maximum absolute atomic E-state index is 5.99. The minimum absolute atomic E-state index is 0.135. The number of benzene rings is 1. The fraction of sp³-hybridized carbons (Fsp3) is 0.400. The molecular formula is C10H12BrClO. The Morgan fingerprint density at radius 1 is 1.38 bits per heavy atom. The van der Waals surface area contributed by atoms with E-state index in [1.807, 2.05) is 32.9 Å². The van der Waals surface area contributed by atoms with Crippen LogP contribution in [0.3, 0.4) is 0 Å². The third-order valence-electron chi connectivity index (χ3n) is 1.60. The van der Waals surface area contributed by atoms with Gasteiger partial charge in [0.15, 0.2) is 5.75 Å². The van der Waals surface area contributed by atoms with Crippen LogP contribution >= 0.6 is 27.5 Å². The first-order valence-corrected chi connectivity index (χ1v) is 5.30. The molecule has 1 rings (SSSR count). The molecule has 0 fully saturated rings. The van der Waals surface area contributed by atoms with Crippen molar-refractivity contribution in [2.45, 2.75) is 26.9 Å². The number of hydrogen-bond acceptors (Lipinski definition) is 1. The minimum atomic E-state index is 0.135. The second-order valence-electron chi connectivity index (χ2n) is 3.17. The van der Waals surface area contributed by atoms with Gasteiger partial charge in [0.05, 0.1) is 15.6 Å².